The Balaban J connectivity index is 1.57. The van der Waals surface area contributed by atoms with Crippen LogP contribution >= 0.6 is 0 Å². The monoisotopic (exact) mass is 349 g/mol. The lowest BCUT2D eigenvalue weighted by atomic mass is 10.1. The molecule has 4 rings (SSSR count). The van der Waals surface area contributed by atoms with Gasteiger partial charge in [0, 0.05) is 29.7 Å². The number of rotatable bonds is 4. The van der Waals surface area contributed by atoms with Gasteiger partial charge < -0.3 is 14.6 Å². The predicted octanol–water partition coefficient (Wildman–Crippen LogP) is 3.87. The number of hydrogen-bond donors (Lipinski definition) is 1. The highest BCUT2D eigenvalue weighted by atomic mass is 16.6. The van der Waals surface area contributed by atoms with Crippen LogP contribution in [-0.2, 0) is 11.3 Å². The SMILES string of the molecule is CCn1ccc2ccc(NC(=O)c3cccc(N4CCOC4=O)c3)cc21. The molecule has 3 aromatic rings. The van der Waals surface area contributed by atoms with Gasteiger partial charge in [0.1, 0.15) is 6.61 Å². The van der Waals surface area contributed by atoms with E-state index in [1.54, 1.807) is 24.3 Å². The van der Waals surface area contributed by atoms with Crippen molar-refractivity contribution in [3.05, 3.63) is 60.3 Å². The number of nitrogens with zero attached hydrogens (tertiary/aromatic N) is 2. The van der Waals surface area contributed by atoms with E-state index in [0.717, 1.165) is 23.1 Å². The molecule has 2 aromatic carbocycles. The van der Waals surface area contributed by atoms with Crippen molar-refractivity contribution in [3.63, 3.8) is 0 Å². The molecule has 1 fully saturated rings. The molecule has 0 bridgehead atoms. The molecule has 0 radical (unpaired) electrons. The standard InChI is InChI=1S/C20H19N3O3/c1-2-22-9-8-14-6-7-16(13-18(14)22)21-19(24)15-4-3-5-17(12-15)23-10-11-26-20(23)25/h3-9,12-13H,2,10-11H2,1H3,(H,21,24). The Morgan fingerprint density at radius 2 is 2.08 bits per heavy atom. The Morgan fingerprint density at radius 1 is 1.19 bits per heavy atom. The van der Waals surface area contributed by atoms with Crippen LogP contribution in [-0.4, -0.2) is 29.7 Å². The molecule has 0 spiro atoms. The summed E-state index contributed by atoms with van der Waals surface area (Å²) in [4.78, 5) is 25.9. The first-order chi connectivity index (χ1) is 12.7. The molecular formula is C20H19N3O3. The number of carbonyl (C=O) groups is 2. The lowest BCUT2D eigenvalue weighted by molar-refractivity contribution is 0.102. The third-order valence-corrected chi connectivity index (χ3v) is 4.55. The molecule has 26 heavy (non-hydrogen) atoms. The van der Waals surface area contributed by atoms with Crippen LogP contribution < -0.4 is 10.2 Å². The molecular weight excluding hydrogens is 330 g/mol. The molecule has 2 heterocycles. The average Bonchev–Trinajstić information content (AvgIpc) is 3.27. The van der Waals surface area contributed by atoms with Crippen LogP contribution in [0.4, 0.5) is 16.2 Å². The summed E-state index contributed by atoms with van der Waals surface area (Å²) in [5, 5.41) is 4.07. The lowest BCUT2D eigenvalue weighted by Gasteiger charge is -2.14. The smallest absolute Gasteiger partial charge is 0.414 e. The number of amides is 2. The summed E-state index contributed by atoms with van der Waals surface area (Å²) < 4.78 is 7.08. The molecule has 1 aliphatic rings. The maximum absolute atomic E-state index is 12.6. The van der Waals surface area contributed by atoms with Crippen LogP contribution in [0.1, 0.15) is 17.3 Å². The first kappa shape index (κ1) is 16.2. The molecule has 0 unspecified atom stereocenters. The van der Waals surface area contributed by atoms with Crippen molar-refractivity contribution in [1.82, 2.24) is 4.57 Å². The summed E-state index contributed by atoms with van der Waals surface area (Å²) in [7, 11) is 0. The van der Waals surface area contributed by atoms with Gasteiger partial charge in [-0.2, -0.15) is 0 Å². The lowest BCUT2D eigenvalue weighted by Crippen LogP contribution is -2.23. The van der Waals surface area contributed by atoms with Gasteiger partial charge in [0.25, 0.3) is 5.91 Å². The second kappa shape index (κ2) is 6.55. The van der Waals surface area contributed by atoms with Crippen molar-refractivity contribution in [2.24, 2.45) is 0 Å². The van der Waals surface area contributed by atoms with Gasteiger partial charge in [-0.15, -0.1) is 0 Å². The number of benzene rings is 2. The summed E-state index contributed by atoms with van der Waals surface area (Å²) in [6.45, 7) is 3.81. The third kappa shape index (κ3) is 2.90. The summed E-state index contributed by atoms with van der Waals surface area (Å²) in [6.07, 6.45) is 1.66. The highest BCUT2D eigenvalue weighted by Gasteiger charge is 2.24. The van der Waals surface area contributed by atoms with E-state index in [-0.39, 0.29) is 12.0 Å². The van der Waals surface area contributed by atoms with E-state index in [0.29, 0.717) is 24.4 Å². The van der Waals surface area contributed by atoms with Gasteiger partial charge in [-0.1, -0.05) is 12.1 Å². The fourth-order valence-corrected chi connectivity index (χ4v) is 3.18. The van der Waals surface area contributed by atoms with Gasteiger partial charge in [-0.05, 0) is 48.7 Å². The Bertz CT molecular complexity index is 993. The number of anilines is 2. The number of hydrogen-bond acceptors (Lipinski definition) is 3. The number of cyclic esters (lactones) is 1. The molecule has 1 N–H and O–H groups in total. The zero-order valence-corrected chi connectivity index (χ0v) is 14.4. The number of ether oxygens (including phenoxy) is 1. The van der Waals surface area contributed by atoms with Gasteiger partial charge in [0.05, 0.1) is 12.1 Å². The van der Waals surface area contributed by atoms with Crippen molar-refractivity contribution < 1.29 is 14.3 Å². The summed E-state index contributed by atoms with van der Waals surface area (Å²) in [5.41, 5.74) is 2.98. The minimum atomic E-state index is -0.381. The van der Waals surface area contributed by atoms with E-state index >= 15 is 0 Å². The van der Waals surface area contributed by atoms with Gasteiger partial charge >= 0.3 is 6.09 Å². The van der Waals surface area contributed by atoms with E-state index in [1.165, 1.54) is 4.90 Å². The Kier molecular flexibility index (Phi) is 4.08. The quantitative estimate of drug-likeness (QED) is 0.778. The molecule has 132 valence electrons. The van der Waals surface area contributed by atoms with E-state index in [9.17, 15) is 9.59 Å². The molecule has 1 aromatic heterocycles. The normalized spacial score (nSPS) is 13.9. The highest BCUT2D eigenvalue weighted by Crippen LogP contribution is 2.23. The molecule has 6 heteroatoms. The number of nitrogens with one attached hydrogen (secondary N) is 1. The molecule has 0 atom stereocenters. The van der Waals surface area contributed by atoms with Crippen LogP contribution in [0.5, 0.6) is 0 Å². The summed E-state index contributed by atoms with van der Waals surface area (Å²) >= 11 is 0. The zero-order valence-electron chi connectivity index (χ0n) is 14.4. The van der Waals surface area contributed by atoms with Crippen LogP contribution in [0.3, 0.4) is 0 Å². The molecule has 1 saturated heterocycles. The van der Waals surface area contributed by atoms with Gasteiger partial charge in [-0.3, -0.25) is 9.69 Å². The topological polar surface area (TPSA) is 63.6 Å². The van der Waals surface area contributed by atoms with Crippen LogP contribution in [0, 0.1) is 0 Å². The third-order valence-electron chi connectivity index (χ3n) is 4.55. The summed E-state index contributed by atoms with van der Waals surface area (Å²) in [5.74, 6) is -0.214. The fourth-order valence-electron chi connectivity index (χ4n) is 3.18. The largest absolute Gasteiger partial charge is 0.447 e. The van der Waals surface area contributed by atoms with Gasteiger partial charge in [0.2, 0.25) is 0 Å². The second-order valence-electron chi connectivity index (χ2n) is 6.15. The predicted molar refractivity (Wildman–Crippen MR) is 101 cm³/mol. The number of fused-ring (bicyclic) bond motifs is 1. The number of aryl methyl sites for hydroxylation is 1. The Morgan fingerprint density at radius 3 is 2.85 bits per heavy atom. The van der Waals surface area contributed by atoms with Crippen LogP contribution in [0.2, 0.25) is 0 Å². The van der Waals surface area contributed by atoms with Crippen molar-refractivity contribution in [1.29, 1.82) is 0 Å². The van der Waals surface area contributed by atoms with E-state index in [2.05, 4.69) is 22.9 Å². The maximum Gasteiger partial charge on any atom is 0.414 e. The number of carbonyl (C=O) groups excluding carboxylic acids is 2. The van der Waals surface area contributed by atoms with Crippen molar-refractivity contribution >= 4 is 34.3 Å². The van der Waals surface area contributed by atoms with Crippen LogP contribution in [0.25, 0.3) is 10.9 Å². The fraction of sp³-hybridized carbons (Fsp3) is 0.200. The highest BCUT2D eigenvalue weighted by molar-refractivity contribution is 6.06. The first-order valence-electron chi connectivity index (χ1n) is 8.60. The van der Waals surface area contributed by atoms with E-state index in [4.69, 9.17) is 4.74 Å². The average molecular weight is 349 g/mol. The maximum atomic E-state index is 12.6. The minimum absolute atomic E-state index is 0.214. The molecule has 0 aliphatic carbocycles. The molecule has 6 nitrogen and oxygen atoms in total. The Hall–Kier alpha value is -3.28. The molecule has 0 saturated carbocycles. The number of aromatic nitrogens is 1. The van der Waals surface area contributed by atoms with Gasteiger partial charge in [0.15, 0.2) is 0 Å². The van der Waals surface area contributed by atoms with Gasteiger partial charge in [-0.25, -0.2) is 4.79 Å². The van der Waals surface area contributed by atoms with E-state index in [1.807, 2.05) is 24.4 Å². The summed E-state index contributed by atoms with van der Waals surface area (Å²) in [6, 6.07) is 14.9. The molecule has 1 aliphatic heterocycles. The van der Waals surface area contributed by atoms with E-state index < -0.39 is 0 Å². The van der Waals surface area contributed by atoms with Crippen molar-refractivity contribution in [2.75, 3.05) is 23.4 Å². The van der Waals surface area contributed by atoms with Crippen molar-refractivity contribution in [3.8, 4) is 0 Å². The first-order valence-corrected chi connectivity index (χ1v) is 8.60. The molecule has 2 amide bonds. The second-order valence-corrected chi connectivity index (χ2v) is 6.15. The Labute approximate surface area is 151 Å². The van der Waals surface area contributed by atoms with Crippen molar-refractivity contribution in [2.45, 2.75) is 13.5 Å². The minimum Gasteiger partial charge on any atom is -0.447 e. The van der Waals surface area contributed by atoms with Crippen LogP contribution in [0.15, 0.2) is 54.7 Å². The zero-order chi connectivity index (χ0) is 18.1.